The molecule has 19 heavy (non-hydrogen) atoms. The number of benzene rings is 1. The Morgan fingerprint density at radius 2 is 1.26 bits per heavy atom. The van der Waals surface area contributed by atoms with Crippen LogP contribution in [0.5, 0.6) is 0 Å². The van der Waals surface area contributed by atoms with Gasteiger partial charge in [-0.2, -0.15) is 13.2 Å². The van der Waals surface area contributed by atoms with E-state index in [-0.39, 0.29) is 0 Å². The molecule has 0 aliphatic heterocycles. The fraction of sp³-hybridized carbons (Fsp3) is 0.625. The lowest BCUT2D eigenvalue weighted by molar-refractivity contribution is -0.137. The summed E-state index contributed by atoms with van der Waals surface area (Å²) in [5.41, 5.74) is 0.0392. The molecule has 0 spiro atoms. The second-order valence-corrected chi connectivity index (χ2v) is 4.37. The maximum absolute atomic E-state index is 12.0. The predicted molar refractivity (Wildman–Crippen MR) is 77.3 cm³/mol. The number of rotatable bonds is 2. The van der Waals surface area contributed by atoms with Crippen LogP contribution in [0.25, 0.3) is 0 Å². The molecule has 0 aliphatic carbocycles. The summed E-state index contributed by atoms with van der Waals surface area (Å²) in [6, 6.07) is 5.22. The highest BCUT2D eigenvalue weighted by molar-refractivity contribution is 5.24. The summed E-state index contributed by atoms with van der Waals surface area (Å²) in [4.78, 5) is 0. The van der Waals surface area contributed by atoms with Crippen LogP contribution in [0.15, 0.2) is 24.3 Å². The number of aryl methyl sites for hydroxylation is 1. The van der Waals surface area contributed by atoms with Gasteiger partial charge in [-0.3, -0.25) is 0 Å². The van der Waals surface area contributed by atoms with Crippen molar-refractivity contribution in [1.82, 2.24) is 0 Å². The summed E-state index contributed by atoms with van der Waals surface area (Å²) < 4.78 is 35.9. The zero-order valence-corrected chi connectivity index (χ0v) is 12.8. The third-order valence-corrected chi connectivity index (χ3v) is 2.35. The first-order chi connectivity index (χ1) is 8.83. The Bertz CT molecular complexity index is 295. The summed E-state index contributed by atoms with van der Waals surface area (Å²) in [7, 11) is 0. The zero-order chi connectivity index (χ0) is 15.3. The molecule has 0 radical (unpaired) electrons. The van der Waals surface area contributed by atoms with E-state index >= 15 is 0 Å². The van der Waals surface area contributed by atoms with E-state index in [9.17, 15) is 13.2 Å². The van der Waals surface area contributed by atoms with Crippen LogP contribution in [0.3, 0.4) is 0 Å². The van der Waals surface area contributed by atoms with Crippen LogP contribution in [0.2, 0.25) is 0 Å². The molecule has 1 aromatic carbocycles. The van der Waals surface area contributed by atoms with Crippen molar-refractivity contribution in [3.8, 4) is 0 Å². The first-order valence-corrected chi connectivity index (χ1v) is 6.97. The van der Waals surface area contributed by atoms with E-state index in [1.807, 2.05) is 0 Å². The molecule has 0 bridgehead atoms. The van der Waals surface area contributed by atoms with Crippen molar-refractivity contribution in [2.24, 2.45) is 0 Å². The summed E-state index contributed by atoms with van der Waals surface area (Å²) in [6.07, 6.45) is 1.06. The molecule has 0 amide bonds. The molecule has 3 heteroatoms. The predicted octanol–water partition coefficient (Wildman–Crippen LogP) is 6.63. The molecule has 0 fully saturated rings. The van der Waals surface area contributed by atoms with Crippen molar-refractivity contribution in [1.29, 1.82) is 0 Å². The van der Waals surface area contributed by atoms with Gasteiger partial charge in [-0.25, -0.2) is 0 Å². The summed E-state index contributed by atoms with van der Waals surface area (Å²) in [5.74, 6) is 0. The summed E-state index contributed by atoms with van der Waals surface area (Å²) in [6.45, 7) is 10.4. The molecule has 0 atom stereocenters. The lowest BCUT2D eigenvalue weighted by Gasteiger charge is -2.05. The van der Waals surface area contributed by atoms with Gasteiger partial charge < -0.3 is 0 Å². The molecule has 0 aromatic heterocycles. The van der Waals surface area contributed by atoms with Crippen molar-refractivity contribution in [2.45, 2.75) is 66.5 Å². The molecular formula is C16H27F3. The third kappa shape index (κ3) is 13.2. The van der Waals surface area contributed by atoms with Crippen molar-refractivity contribution in [2.75, 3.05) is 0 Å². The topological polar surface area (TPSA) is 0 Å². The minimum absolute atomic E-state index is 0.586. The molecule has 112 valence electrons. The first kappa shape index (κ1) is 20.3. The van der Waals surface area contributed by atoms with E-state index < -0.39 is 11.7 Å². The Kier molecular flexibility index (Phi) is 12.9. The highest BCUT2D eigenvalue weighted by Crippen LogP contribution is 2.29. The Hall–Kier alpha value is -0.990. The van der Waals surface area contributed by atoms with Gasteiger partial charge in [0.1, 0.15) is 0 Å². The normalized spacial score (nSPS) is 9.89. The van der Waals surface area contributed by atoms with Crippen molar-refractivity contribution in [3.05, 3.63) is 35.4 Å². The van der Waals surface area contributed by atoms with E-state index in [0.29, 0.717) is 5.56 Å². The average Bonchev–Trinajstić information content (AvgIpc) is 2.38. The maximum atomic E-state index is 12.0. The Labute approximate surface area is 116 Å². The van der Waals surface area contributed by atoms with Gasteiger partial charge in [0.25, 0.3) is 0 Å². The molecule has 0 unspecified atom stereocenters. The molecule has 0 nitrogen and oxygen atoms in total. The zero-order valence-electron chi connectivity index (χ0n) is 12.8. The van der Waals surface area contributed by atoms with E-state index in [1.54, 1.807) is 13.0 Å². The smallest absolute Gasteiger partial charge is 0.166 e. The lowest BCUT2D eigenvalue weighted by atomic mass is 10.1. The first-order valence-electron chi connectivity index (χ1n) is 6.97. The van der Waals surface area contributed by atoms with Gasteiger partial charge in [-0.1, -0.05) is 77.1 Å². The van der Waals surface area contributed by atoms with Crippen LogP contribution >= 0.6 is 0 Å². The van der Waals surface area contributed by atoms with Crippen molar-refractivity contribution >= 4 is 0 Å². The Balaban J connectivity index is 0. The standard InChI is InChI=1S/C8H7F3.2C4H10/c1-6-3-2-4-7(5-6)8(9,10)11;2*1-3-4-2/h2-5H,1H3;2*3-4H2,1-2H3. The minimum Gasteiger partial charge on any atom is -0.166 e. The number of hydrogen-bond acceptors (Lipinski definition) is 0. The highest BCUT2D eigenvalue weighted by Gasteiger charge is 2.29. The number of unbranched alkanes of at least 4 members (excludes halogenated alkanes) is 2. The number of alkyl halides is 3. The Morgan fingerprint density at radius 1 is 0.842 bits per heavy atom. The fourth-order valence-corrected chi connectivity index (χ4v) is 0.821. The number of hydrogen-bond donors (Lipinski definition) is 0. The lowest BCUT2D eigenvalue weighted by Crippen LogP contribution is -2.04. The second kappa shape index (κ2) is 12.1. The van der Waals surface area contributed by atoms with E-state index in [1.165, 1.54) is 31.7 Å². The fourth-order valence-electron chi connectivity index (χ4n) is 0.821. The van der Waals surface area contributed by atoms with Crippen molar-refractivity contribution in [3.63, 3.8) is 0 Å². The summed E-state index contributed by atoms with van der Waals surface area (Å²) >= 11 is 0. The molecule has 0 aliphatic rings. The quantitative estimate of drug-likeness (QED) is 0.569. The Morgan fingerprint density at radius 3 is 1.47 bits per heavy atom. The second-order valence-electron chi connectivity index (χ2n) is 4.37. The van der Waals surface area contributed by atoms with Crippen LogP contribution in [-0.2, 0) is 6.18 Å². The van der Waals surface area contributed by atoms with Crippen LogP contribution in [0.4, 0.5) is 13.2 Å². The van der Waals surface area contributed by atoms with Gasteiger partial charge in [0.15, 0.2) is 0 Å². The molecule has 0 N–H and O–H groups in total. The van der Waals surface area contributed by atoms with E-state index in [4.69, 9.17) is 0 Å². The van der Waals surface area contributed by atoms with Crippen LogP contribution < -0.4 is 0 Å². The van der Waals surface area contributed by atoms with E-state index in [2.05, 4.69) is 27.7 Å². The average molecular weight is 276 g/mol. The minimum atomic E-state index is -4.22. The molecular weight excluding hydrogens is 249 g/mol. The SMILES string of the molecule is CCCC.CCCC.Cc1cccc(C(F)(F)F)c1. The molecule has 0 heterocycles. The van der Waals surface area contributed by atoms with Gasteiger partial charge >= 0.3 is 6.18 Å². The van der Waals surface area contributed by atoms with Crippen molar-refractivity contribution < 1.29 is 13.2 Å². The van der Waals surface area contributed by atoms with Crippen LogP contribution in [0.1, 0.15) is 64.5 Å². The molecule has 0 saturated heterocycles. The number of halogens is 3. The molecule has 1 aromatic rings. The van der Waals surface area contributed by atoms with Gasteiger partial charge in [-0.15, -0.1) is 0 Å². The van der Waals surface area contributed by atoms with Gasteiger partial charge in [-0.05, 0) is 13.0 Å². The molecule has 0 saturated carbocycles. The molecule has 1 rings (SSSR count). The maximum Gasteiger partial charge on any atom is 0.416 e. The monoisotopic (exact) mass is 276 g/mol. The van der Waals surface area contributed by atoms with Gasteiger partial charge in [0.2, 0.25) is 0 Å². The largest absolute Gasteiger partial charge is 0.416 e. The highest BCUT2D eigenvalue weighted by atomic mass is 19.4. The van der Waals surface area contributed by atoms with Crippen LogP contribution in [-0.4, -0.2) is 0 Å². The van der Waals surface area contributed by atoms with Gasteiger partial charge in [0.05, 0.1) is 5.56 Å². The summed E-state index contributed by atoms with van der Waals surface area (Å²) in [5, 5.41) is 0. The van der Waals surface area contributed by atoms with Crippen LogP contribution in [0, 0.1) is 6.92 Å². The van der Waals surface area contributed by atoms with Gasteiger partial charge in [0, 0.05) is 0 Å². The van der Waals surface area contributed by atoms with E-state index in [0.717, 1.165) is 12.1 Å². The third-order valence-electron chi connectivity index (χ3n) is 2.35.